The zero-order valence-electron chi connectivity index (χ0n) is 7.95. The third-order valence-electron chi connectivity index (χ3n) is 1.66. The summed E-state index contributed by atoms with van der Waals surface area (Å²) in [5.41, 5.74) is -1.96. The van der Waals surface area contributed by atoms with Gasteiger partial charge < -0.3 is 20.0 Å². The van der Waals surface area contributed by atoms with E-state index in [0.29, 0.717) is 6.07 Å². The van der Waals surface area contributed by atoms with Crippen LogP contribution in [0.4, 0.5) is 19.0 Å². The van der Waals surface area contributed by atoms with Crippen LogP contribution in [0.15, 0.2) is 10.9 Å². The standard InChI is InChI=1S/C7H5F3N2O5/c8-7(9,10)17-4-1-5(12(15)16)11-6(14)3(4)2-13/h1,13H,2H2,(H,11,14). The zero-order valence-corrected chi connectivity index (χ0v) is 7.95. The first-order chi connectivity index (χ1) is 7.74. The van der Waals surface area contributed by atoms with Gasteiger partial charge in [-0.25, -0.2) is 9.78 Å². The van der Waals surface area contributed by atoms with Crippen LogP contribution in [0.1, 0.15) is 5.56 Å². The summed E-state index contributed by atoms with van der Waals surface area (Å²) in [5, 5.41) is 19.0. The number of alkyl halides is 3. The molecule has 0 aliphatic heterocycles. The van der Waals surface area contributed by atoms with Crippen molar-refractivity contribution in [1.82, 2.24) is 4.98 Å². The van der Waals surface area contributed by atoms with E-state index >= 15 is 0 Å². The van der Waals surface area contributed by atoms with E-state index in [1.807, 2.05) is 0 Å². The van der Waals surface area contributed by atoms with Gasteiger partial charge in [0.15, 0.2) is 5.75 Å². The van der Waals surface area contributed by atoms with Gasteiger partial charge in [-0.05, 0) is 4.92 Å². The van der Waals surface area contributed by atoms with Crippen molar-refractivity contribution in [3.05, 3.63) is 32.1 Å². The molecule has 0 saturated carbocycles. The fraction of sp³-hybridized carbons (Fsp3) is 0.286. The van der Waals surface area contributed by atoms with Gasteiger partial charge in [0.2, 0.25) is 0 Å². The number of nitrogens with one attached hydrogen (secondary N) is 1. The van der Waals surface area contributed by atoms with Crippen LogP contribution in [0.25, 0.3) is 0 Å². The fourth-order valence-corrected chi connectivity index (χ4v) is 1.01. The van der Waals surface area contributed by atoms with Crippen LogP contribution >= 0.6 is 0 Å². The molecule has 1 heterocycles. The number of rotatable bonds is 3. The summed E-state index contributed by atoms with van der Waals surface area (Å²) in [6.45, 7) is -1.04. The highest BCUT2D eigenvalue weighted by molar-refractivity contribution is 5.38. The van der Waals surface area contributed by atoms with Crippen molar-refractivity contribution < 1.29 is 27.9 Å². The lowest BCUT2D eigenvalue weighted by Gasteiger charge is -2.10. The number of aliphatic hydroxyl groups excluding tert-OH is 1. The van der Waals surface area contributed by atoms with Crippen LogP contribution in [0.3, 0.4) is 0 Å². The quantitative estimate of drug-likeness (QED) is 0.609. The second-order valence-corrected chi connectivity index (χ2v) is 2.79. The van der Waals surface area contributed by atoms with Crippen LogP contribution < -0.4 is 10.3 Å². The van der Waals surface area contributed by atoms with Crippen molar-refractivity contribution >= 4 is 5.82 Å². The minimum absolute atomic E-state index is 0.375. The molecule has 0 radical (unpaired) electrons. The van der Waals surface area contributed by atoms with E-state index in [4.69, 9.17) is 5.11 Å². The smallest absolute Gasteiger partial charge is 0.405 e. The van der Waals surface area contributed by atoms with Gasteiger partial charge in [-0.3, -0.25) is 0 Å². The molecule has 0 aromatic carbocycles. The number of pyridine rings is 1. The van der Waals surface area contributed by atoms with Crippen molar-refractivity contribution in [2.24, 2.45) is 0 Å². The molecule has 17 heavy (non-hydrogen) atoms. The highest BCUT2D eigenvalue weighted by Crippen LogP contribution is 2.26. The lowest BCUT2D eigenvalue weighted by atomic mass is 10.2. The van der Waals surface area contributed by atoms with Crippen molar-refractivity contribution in [3.8, 4) is 5.75 Å². The zero-order chi connectivity index (χ0) is 13.2. The maximum absolute atomic E-state index is 11.9. The Bertz CT molecular complexity index is 495. The predicted octanol–water partition coefficient (Wildman–Crippen LogP) is 0.674. The molecule has 1 aromatic rings. The van der Waals surface area contributed by atoms with E-state index < -0.39 is 40.6 Å². The molecule has 0 unspecified atom stereocenters. The lowest BCUT2D eigenvalue weighted by Crippen LogP contribution is -2.22. The molecule has 0 saturated heterocycles. The van der Waals surface area contributed by atoms with Crippen LogP contribution in [-0.2, 0) is 6.61 Å². The minimum atomic E-state index is -5.12. The molecule has 94 valence electrons. The number of aromatic amines is 1. The number of hydrogen-bond acceptors (Lipinski definition) is 5. The molecular weight excluding hydrogens is 249 g/mol. The molecule has 7 nitrogen and oxygen atoms in total. The van der Waals surface area contributed by atoms with Crippen molar-refractivity contribution in [2.75, 3.05) is 0 Å². The number of nitrogens with zero attached hydrogens (tertiary/aromatic N) is 1. The Kier molecular flexibility index (Phi) is 3.36. The average molecular weight is 254 g/mol. The van der Waals surface area contributed by atoms with Crippen molar-refractivity contribution in [2.45, 2.75) is 13.0 Å². The maximum Gasteiger partial charge on any atom is 0.573 e. The molecular formula is C7H5F3N2O5. The molecule has 0 bridgehead atoms. The third-order valence-corrected chi connectivity index (χ3v) is 1.66. The summed E-state index contributed by atoms with van der Waals surface area (Å²) < 4.78 is 39.2. The van der Waals surface area contributed by atoms with Crippen LogP contribution in [0.5, 0.6) is 5.75 Å². The molecule has 2 N–H and O–H groups in total. The molecule has 0 spiro atoms. The maximum atomic E-state index is 11.9. The molecule has 1 rings (SSSR count). The third kappa shape index (κ3) is 3.17. The van der Waals surface area contributed by atoms with Crippen molar-refractivity contribution in [3.63, 3.8) is 0 Å². The van der Waals surface area contributed by atoms with Gasteiger partial charge >= 0.3 is 17.7 Å². The molecule has 0 amide bonds. The Labute approximate surface area is 90.6 Å². The van der Waals surface area contributed by atoms with Gasteiger partial charge in [-0.1, -0.05) is 0 Å². The van der Waals surface area contributed by atoms with Crippen LogP contribution in [-0.4, -0.2) is 21.4 Å². The van der Waals surface area contributed by atoms with Crippen LogP contribution in [0, 0.1) is 10.1 Å². The van der Waals surface area contributed by atoms with E-state index in [1.165, 1.54) is 0 Å². The van der Waals surface area contributed by atoms with E-state index in [1.54, 1.807) is 4.98 Å². The molecule has 0 aliphatic rings. The minimum Gasteiger partial charge on any atom is -0.405 e. The van der Waals surface area contributed by atoms with Gasteiger partial charge in [0.25, 0.3) is 0 Å². The van der Waals surface area contributed by atoms with Crippen molar-refractivity contribution in [1.29, 1.82) is 0 Å². The summed E-state index contributed by atoms with van der Waals surface area (Å²) in [7, 11) is 0. The number of hydrogen-bond donors (Lipinski definition) is 2. The molecule has 0 aliphatic carbocycles. The Morgan fingerprint density at radius 3 is 2.53 bits per heavy atom. The van der Waals surface area contributed by atoms with E-state index in [-0.39, 0.29) is 0 Å². The van der Waals surface area contributed by atoms with E-state index in [0.717, 1.165) is 0 Å². The summed E-state index contributed by atoms with van der Waals surface area (Å²) in [6.07, 6.45) is -5.12. The molecule has 0 fully saturated rings. The summed E-state index contributed by atoms with van der Waals surface area (Å²) in [6, 6.07) is 0.375. The molecule has 0 atom stereocenters. The van der Waals surface area contributed by atoms with E-state index in [2.05, 4.69) is 4.74 Å². The topological polar surface area (TPSA) is 105 Å². The lowest BCUT2D eigenvalue weighted by molar-refractivity contribution is -0.389. The Morgan fingerprint density at radius 1 is 1.53 bits per heavy atom. The van der Waals surface area contributed by atoms with Crippen LogP contribution in [0.2, 0.25) is 0 Å². The highest BCUT2D eigenvalue weighted by Gasteiger charge is 2.33. The Hall–Kier alpha value is -2.10. The average Bonchev–Trinajstić information content (AvgIpc) is 2.14. The van der Waals surface area contributed by atoms with Gasteiger partial charge in [0, 0.05) is 0 Å². The fourth-order valence-electron chi connectivity index (χ4n) is 1.01. The number of H-pyrrole nitrogens is 1. The number of nitro groups is 1. The first-order valence-electron chi connectivity index (χ1n) is 4.02. The monoisotopic (exact) mass is 254 g/mol. The largest absolute Gasteiger partial charge is 0.573 e. The van der Waals surface area contributed by atoms with Gasteiger partial charge in [-0.2, -0.15) is 0 Å². The predicted molar refractivity (Wildman–Crippen MR) is 46.3 cm³/mol. The summed E-state index contributed by atoms with van der Waals surface area (Å²) >= 11 is 0. The first-order valence-corrected chi connectivity index (χ1v) is 4.02. The molecule has 1 aromatic heterocycles. The van der Waals surface area contributed by atoms with E-state index in [9.17, 15) is 28.1 Å². The molecule has 10 heteroatoms. The number of halogens is 3. The van der Waals surface area contributed by atoms with Gasteiger partial charge in [-0.15, -0.1) is 13.2 Å². The number of aliphatic hydroxyl groups is 1. The normalized spacial score (nSPS) is 11.3. The number of ether oxygens (including phenoxy) is 1. The second-order valence-electron chi connectivity index (χ2n) is 2.79. The first kappa shape index (κ1) is 13.0. The Balaban J connectivity index is 3.34. The highest BCUT2D eigenvalue weighted by atomic mass is 19.4. The van der Waals surface area contributed by atoms with Gasteiger partial charge in [0.1, 0.15) is 5.56 Å². The Morgan fingerprint density at radius 2 is 2.12 bits per heavy atom. The summed E-state index contributed by atoms with van der Waals surface area (Å²) in [5.74, 6) is -2.07. The second kappa shape index (κ2) is 4.41. The number of aromatic nitrogens is 1. The van der Waals surface area contributed by atoms with Gasteiger partial charge in [0.05, 0.1) is 12.7 Å². The SMILES string of the molecule is O=c1[nH]c([N+](=O)[O-])cc(OC(F)(F)F)c1CO. The summed E-state index contributed by atoms with van der Waals surface area (Å²) in [4.78, 5) is 22.0.